The lowest BCUT2D eigenvalue weighted by atomic mass is 10.0. The minimum Gasteiger partial charge on any atom is -0.306 e. The van der Waals surface area contributed by atoms with E-state index in [0.717, 1.165) is 17.6 Å². The number of hydrogen-bond acceptors (Lipinski definition) is 2. The molecule has 3 nitrogen and oxygen atoms in total. The highest BCUT2D eigenvalue weighted by Gasteiger charge is 2.15. The van der Waals surface area contributed by atoms with E-state index >= 15 is 0 Å². The molecule has 1 aromatic carbocycles. The third kappa shape index (κ3) is 3.25. The second kappa shape index (κ2) is 6.35. The molecule has 1 unspecified atom stereocenters. The van der Waals surface area contributed by atoms with Crippen molar-refractivity contribution in [3.8, 4) is 0 Å². The molecule has 1 N–H and O–H groups in total. The predicted molar refractivity (Wildman–Crippen MR) is 82.3 cm³/mol. The van der Waals surface area contributed by atoms with Gasteiger partial charge in [0.2, 0.25) is 0 Å². The van der Waals surface area contributed by atoms with Gasteiger partial charge in [-0.3, -0.25) is 4.68 Å². The number of benzene rings is 1. The zero-order valence-electron chi connectivity index (χ0n) is 11.7. The Kier molecular flexibility index (Phi) is 4.77. The van der Waals surface area contributed by atoms with Crippen LogP contribution in [-0.2, 0) is 6.54 Å². The van der Waals surface area contributed by atoms with Crippen LogP contribution >= 0.6 is 15.9 Å². The van der Waals surface area contributed by atoms with Gasteiger partial charge in [0.05, 0.1) is 12.2 Å². The van der Waals surface area contributed by atoms with Crippen molar-refractivity contribution in [3.05, 3.63) is 51.8 Å². The second-order valence-corrected chi connectivity index (χ2v) is 5.48. The summed E-state index contributed by atoms with van der Waals surface area (Å²) in [5.74, 6) is 0. The smallest absolute Gasteiger partial charge is 0.0608 e. The van der Waals surface area contributed by atoms with Gasteiger partial charge in [-0.1, -0.05) is 35.0 Å². The third-order valence-corrected chi connectivity index (χ3v) is 4.10. The maximum atomic E-state index is 4.37. The zero-order chi connectivity index (χ0) is 13.8. The van der Waals surface area contributed by atoms with Gasteiger partial charge < -0.3 is 5.32 Å². The van der Waals surface area contributed by atoms with Gasteiger partial charge in [0, 0.05) is 22.8 Å². The van der Waals surface area contributed by atoms with Crippen molar-refractivity contribution in [3.63, 3.8) is 0 Å². The fraction of sp³-hybridized carbons (Fsp3) is 0.400. The molecule has 0 spiro atoms. The van der Waals surface area contributed by atoms with Crippen LogP contribution in [-0.4, -0.2) is 16.3 Å². The molecule has 0 aliphatic carbocycles. The molecule has 2 aromatic rings. The molecule has 19 heavy (non-hydrogen) atoms. The van der Waals surface area contributed by atoms with Crippen LogP contribution in [0.1, 0.15) is 36.6 Å². The predicted octanol–water partition coefficient (Wildman–Crippen LogP) is 3.67. The van der Waals surface area contributed by atoms with E-state index in [-0.39, 0.29) is 6.04 Å². The Labute approximate surface area is 123 Å². The summed E-state index contributed by atoms with van der Waals surface area (Å²) in [5, 5.41) is 7.89. The number of hydrogen-bond donors (Lipinski definition) is 1. The van der Waals surface area contributed by atoms with Crippen LogP contribution in [0.25, 0.3) is 0 Å². The van der Waals surface area contributed by atoms with Gasteiger partial charge in [0.15, 0.2) is 0 Å². The Morgan fingerprint density at radius 1 is 1.32 bits per heavy atom. The average molecular weight is 322 g/mol. The summed E-state index contributed by atoms with van der Waals surface area (Å²) in [6.45, 7) is 8.15. The average Bonchev–Trinajstić information content (AvgIpc) is 2.88. The topological polar surface area (TPSA) is 29.9 Å². The Morgan fingerprint density at radius 3 is 2.68 bits per heavy atom. The fourth-order valence-electron chi connectivity index (χ4n) is 2.12. The van der Waals surface area contributed by atoms with Gasteiger partial charge in [-0.25, -0.2) is 0 Å². The molecule has 0 bridgehead atoms. The van der Waals surface area contributed by atoms with E-state index in [1.165, 1.54) is 16.7 Å². The lowest BCUT2D eigenvalue weighted by molar-refractivity contribution is 0.625. The minimum absolute atomic E-state index is 0.196. The number of halogens is 1. The monoisotopic (exact) mass is 321 g/mol. The molecule has 1 aromatic heterocycles. The lowest BCUT2D eigenvalue weighted by Gasteiger charge is -2.17. The lowest BCUT2D eigenvalue weighted by Crippen LogP contribution is -2.21. The standard InChI is InChI=1S/C15H20BrN3/c1-4-17-15(13-9-18-19(5-2)10-13)12-7-6-11(3)14(16)8-12/h6-10,15,17H,4-5H2,1-3H3. The van der Waals surface area contributed by atoms with Crippen molar-refractivity contribution in [2.24, 2.45) is 0 Å². The summed E-state index contributed by atoms with van der Waals surface area (Å²) in [7, 11) is 0. The van der Waals surface area contributed by atoms with Crippen LogP contribution in [0.15, 0.2) is 35.1 Å². The van der Waals surface area contributed by atoms with Crippen molar-refractivity contribution in [2.45, 2.75) is 33.4 Å². The zero-order valence-corrected chi connectivity index (χ0v) is 13.2. The first-order chi connectivity index (χ1) is 9.15. The number of nitrogens with zero attached hydrogens (tertiary/aromatic N) is 2. The summed E-state index contributed by atoms with van der Waals surface area (Å²) >= 11 is 3.61. The van der Waals surface area contributed by atoms with Crippen LogP contribution in [0.3, 0.4) is 0 Å². The molecular weight excluding hydrogens is 302 g/mol. The summed E-state index contributed by atoms with van der Waals surface area (Å²) < 4.78 is 3.11. The molecule has 2 rings (SSSR count). The molecule has 0 saturated carbocycles. The first-order valence-electron chi connectivity index (χ1n) is 6.67. The Balaban J connectivity index is 2.35. The molecule has 4 heteroatoms. The van der Waals surface area contributed by atoms with E-state index in [2.05, 4.69) is 71.5 Å². The van der Waals surface area contributed by atoms with E-state index in [1.807, 2.05) is 10.9 Å². The highest BCUT2D eigenvalue weighted by Crippen LogP contribution is 2.26. The van der Waals surface area contributed by atoms with Gasteiger partial charge in [0.25, 0.3) is 0 Å². The summed E-state index contributed by atoms with van der Waals surface area (Å²) in [6.07, 6.45) is 4.06. The molecule has 0 fully saturated rings. The van der Waals surface area contributed by atoms with Crippen LogP contribution in [0.5, 0.6) is 0 Å². The quantitative estimate of drug-likeness (QED) is 0.910. The van der Waals surface area contributed by atoms with Gasteiger partial charge in [-0.05, 0) is 37.6 Å². The molecule has 1 atom stereocenters. The molecule has 0 aliphatic rings. The fourth-order valence-corrected chi connectivity index (χ4v) is 2.52. The second-order valence-electron chi connectivity index (χ2n) is 4.63. The molecular formula is C15H20BrN3. The third-order valence-electron chi connectivity index (χ3n) is 3.25. The van der Waals surface area contributed by atoms with Crippen molar-refractivity contribution in [1.82, 2.24) is 15.1 Å². The summed E-state index contributed by atoms with van der Waals surface area (Å²) in [5.41, 5.74) is 3.72. The van der Waals surface area contributed by atoms with Crippen molar-refractivity contribution >= 4 is 15.9 Å². The number of aryl methyl sites for hydroxylation is 2. The molecule has 102 valence electrons. The van der Waals surface area contributed by atoms with E-state index in [0.29, 0.717) is 0 Å². The SMILES string of the molecule is CCNC(c1ccc(C)c(Br)c1)c1cnn(CC)c1. The van der Waals surface area contributed by atoms with Crippen LogP contribution in [0.4, 0.5) is 0 Å². The maximum absolute atomic E-state index is 4.37. The molecule has 0 radical (unpaired) electrons. The molecule has 0 amide bonds. The molecule has 1 heterocycles. The first kappa shape index (κ1) is 14.3. The van der Waals surface area contributed by atoms with Crippen molar-refractivity contribution in [2.75, 3.05) is 6.54 Å². The van der Waals surface area contributed by atoms with Gasteiger partial charge in [0.1, 0.15) is 0 Å². The summed E-state index contributed by atoms with van der Waals surface area (Å²) in [4.78, 5) is 0. The van der Waals surface area contributed by atoms with Crippen molar-refractivity contribution in [1.29, 1.82) is 0 Å². The first-order valence-corrected chi connectivity index (χ1v) is 7.46. The normalized spacial score (nSPS) is 12.6. The number of rotatable bonds is 5. The van der Waals surface area contributed by atoms with E-state index in [9.17, 15) is 0 Å². The number of nitrogens with one attached hydrogen (secondary N) is 1. The summed E-state index contributed by atoms with van der Waals surface area (Å²) in [6, 6.07) is 6.71. The van der Waals surface area contributed by atoms with Crippen LogP contribution in [0.2, 0.25) is 0 Å². The Morgan fingerprint density at radius 2 is 2.11 bits per heavy atom. The van der Waals surface area contributed by atoms with E-state index < -0.39 is 0 Å². The van der Waals surface area contributed by atoms with E-state index in [1.54, 1.807) is 0 Å². The van der Waals surface area contributed by atoms with Crippen LogP contribution < -0.4 is 5.32 Å². The van der Waals surface area contributed by atoms with Gasteiger partial charge >= 0.3 is 0 Å². The molecule has 0 aliphatic heterocycles. The van der Waals surface area contributed by atoms with Gasteiger partial charge in [-0.15, -0.1) is 0 Å². The van der Waals surface area contributed by atoms with Gasteiger partial charge in [-0.2, -0.15) is 5.10 Å². The van der Waals surface area contributed by atoms with Crippen molar-refractivity contribution < 1.29 is 0 Å². The minimum atomic E-state index is 0.196. The Bertz CT molecular complexity index is 548. The highest BCUT2D eigenvalue weighted by atomic mass is 79.9. The van der Waals surface area contributed by atoms with E-state index in [4.69, 9.17) is 0 Å². The molecule has 0 saturated heterocycles. The van der Waals surface area contributed by atoms with Crippen LogP contribution in [0, 0.1) is 6.92 Å². The number of aromatic nitrogens is 2. The highest BCUT2D eigenvalue weighted by molar-refractivity contribution is 9.10. The Hall–Kier alpha value is -1.13. The largest absolute Gasteiger partial charge is 0.306 e. The maximum Gasteiger partial charge on any atom is 0.0608 e.